The van der Waals surface area contributed by atoms with E-state index in [1.165, 1.54) is 14.1 Å². The number of para-hydroxylation sites is 1. The van der Waals surface area contributed by atoms with Gasteiger partial charge in [0, 0.05) is 19.7 Å². The molecule has 1 N–H and O–H groups in total. The smallest absolute Gasteiger partial charge is 0.279 e. The molecule has 2 aromatic rings. The Morgan fingerprint density at radius 1 is 1.00 bits per heavy atom. The lowest BCUT2D eigenvalue weighted by molar-refractivity contribution is 0.406. The molecular weight excluding hydrogens is 300 g/mol. The van der Waals surface area contributed by atoms with E-state index in [1.807, 2.05) is 54.6 Å². The first-order chi connectivity index (χ1) is 10.5. The minimum absolute atomic E-state index is 0.523. The van der Waals surface area contributed by atoms with Gasteiger partial charge in [-0.05, 0) is 11.6 Å². The number of nitrogens with one attached hydrogen (secondary N) is 1. The summed E-state index contributed by atoms with van der Waals surface area (Å²) in [5.74, 6) is 0.637. The topological polar surface area (TPSA) is 58.6 Å². The summed E-state index contributed by atoms with van der Waals surface area (Å²) in [5, 5.41) is 0. The van der Waals surface area contributed by atoms with Crippen LogP contribution in [0.5, 0.6) is 5.75 Å². The van der Waals surface area contributed by atoms with Crippen molar-refractivity contribution in [2.75, 3.05) is 21.2 Å². The van der Waals surface area contributed by atoms with E-state index < -0.39 is 16.3 Å². The van der Waals surface area contributed by atoms with Gasteiger partial charge in [-0.1, -0.05) is 48.5 Å². The van der Waals surface area contributed by atoms with Crippen molar-refractivity contribution in [3.05, 3.63) is 65.7 Å². The molecule has 1 atom stereocenters. The van der Waals surface area contributed by atoms with Gasteiger partial charge >= 0.3 is 0 Å². The molecule has 0 bridgehead atoms. The van der Waals surface area contributed by atoms with Crippen LogP contribution in [0.3, 0.4) is 0 Å². The van der Waals surface area contributed by atoms with E-state index in [9.17, 15) is 8.42 Å². The van der Waals surface area contributed by atoms with Gasteiger partial charge in [0.15, 0.2) is 0 Å². The molecule has 0 aliphatic rings. The van der Waals surface area contributed by atoms with Crippen LogP contribution in [0.15, 0.2) is 54.6 Å². The lowest BCUT2D eigenvalue weighted by Crippen LogP contribution is -2.38. The first-order valence-electron chi connectivity index (χ1n) is 6.83. The largest absolute Gasteiger partial charge is 0.496 e. The fourth-order valence-corrected chi connectivity index (χ4v) is 2.89. The van der Waals surface area contributed by atoms with Crippen LogP contribution in [-0.4, -0.2) is 33.9 Å². The van der Waals surface area contributed by atoms with Crippen LogP contribution in [0.4, 0.5) is 0 Å². The molecule has 0 aliphatic heterocycles. The summed E-state index contributed by atoms with van der Waals surface area (Å²) in [6, 6.07) is 16.3. The Hall–Kier alpha value is -1.89. The predicted octanol–water partition coefficient (Wildman–Crippen LogP) is 2.18. The maximum atomic E-state index is 12.3. The molecular formula is C16H20N2O3S. The Labute approximate surface area is 131 Å². The van der Waals surface area contributed by atoms with E-state index in [4.69, 9.17) is 4.74 Å². The Morgan fingerprint density at radius 2 is 1.59 bits per heavy atom. The molecule has 118 valence electrons. The second-order valence-electron chi connectivity index (χ2n) is 4.99. The molecule has 0 aromatic heterocycles. The summed E-state index contributed by atoms with van der Waals surface area (Å²) >= 11 is 0. The zero-order valence-corrected chi connectivity index (χ0v) is 13.7. The van der Waals surface area contributed by atoms with Crippen molar-refractivity contribution in [1.82, 2.24) is 9.03 Å². The molecule has 2 aromatic carbocycles. The molecule has 0 saturated carbocycles. The molecule has 0 amide bonds. The third-order valence-electron chi connectivity index (χ3n) is 3.33. The number of methoxy groups -OCH3 is 1. The van der Waals surface area contributed by atoms with Crippen molar-refractivity contribution >= 4 is 10.2 Å². The Balaban J connectivity index is 2.52. The molecule has 0 unspecified atom stereocenters. The van der Waals surface area contributed by atoms with Crippen LogP contribution in [0.1, 0.15) is 17.2 Å². The average molecular weight is 320 g/mol. The predicted molar refractivity (Wildman–Crippen MR) is 87.0 cm³/mol. The minimum atomic E-state index is -3.59. The van der Waals surface area contributed by atoms with Gasteiger partial charge in [0.2, 0.25) is 0 Å². The molecule has 0 spiro atoms. The van der Waals surface area contributed by atoms with E-state index in [1.54, 1.807) is 7.11 Å². The van der Waals surface area contributed by atoms with Crippen LogP contribution >= 0.6 is 0 Å². The number of hydrogen-bond acceptors (Lipinski definition) is 3. The van der Waals surface area contributed by atoms with Crippen molar-refractivity contribution in [2.24, 2.45) is 0 Å². The fourth-order valence-electron chi connectivity index (χ4n) is 2.12. The molecule has 0 radical (unpaired) electrons. The summed E-state index contributed by atoms with van der Waals surface area (Å²) in [7, 11) is 0.965. The highest BCUT2D eigenvalue weighted by Gasteiger charge is 2.24. The lowest BCUT2D eigenvalue weighted by atomic mass is 9.99. The summed E-state index contributed by atoms with van der Waals surface area (Å²) in [4.78, 5) is 0. The van der Waals surface area contributed by atoms with Crippen molar-refractivity contribution in [2.45, 2.75) is 6.04 Å². The molecule has 22 heavy (non-hydrogen) atoms. The summed E-state index contributed by atoms with van der Waals surface area (Å²) in [5.41, 5.74) is 1.61. The minimum Gasteiger partial charge on any atom is -0.496 e. The van der Waals surface area contributed by atoms with Gasteiger partial charge in [-0.15, -0.1) is 0 Å². The number of nitrogens with zero attached hydrogens (tertiary/aromatic N) is 1. The molecule has 2 rings (SSSR count). The third kappa shape index (κ3) is 3.65. The number of hydrogen-bond donors (Lipinski definition) is 1. The number of ether oxygens (including phenoxy) is 1. The highest BCUT2D eigenvalue weighted by atomic mass is 32.2. The maximum absolute atomic E-state index is 12.3. The van der Waals surface area contributed by atoms with Gasteiger partial charge in [0.1, 0.15) is 5.75 Å². The molecule has 5 nitrogen and oxygen atoms in total. The standard InChI is InChI=1S/C16H20N2O3S/c1-18(2)22(19,20)17-16(13-9-5-4-6-10-13)14-11-7-8-12-15(14)21-3/h4-12,16-17H,1-3H3/t16-/m1/s1. The summed E-state index contributed by atoms with van der Waals surface area (Å²) < 4.78 is 33.8. The van der Waals surface area contributed by atoms with E-state index in [0.717, 1.165) is 15.4 Å². The van der Waals surface area contributed by atoms with E-state index in [2.05, 4.69) is 4.72 Å². The van der Waals surface area contributed by atoms with Gasteiger partial charge in [0.25, 0.3) is 10.2 Å². The zero-order valence-electron chi connectivity index (χ0n) is 12.9. The van der Waals surface area contributed by atoms with E-state index >= 15 is 0 Å². The molecule has 0 heterocycles. The highest BCUT2D eigenvalue weighted by molar-refractivity contribution is 7.87. The molecule has 0 saturated heterocycles. The Morgan fingerprint density at radius 3 is 2.18 bits per heavy atom. The second kappa shape index (κ2) is 6.91. The Bertz CT molecular complexity index is 715. The van der Waals surface area contributed by atoms with Crippen LogP contribution in [-0.2, 0) is 10.2 Å². The lowest BCUT2D eigenvalue weighted by Gasteiger charge is -2.23. The van der Waals surface area contributed by atoms with Crippen molar-refractivity contribution in [1.29, 1.82) is 0 Å². The van der Waals surface area contributed by atoms with Gasteiger partial charge in [-0.2, -0.15) is 17.4 Å². The number of benzene rings is 2. The SMILES string of the molecule is COc1ccccc1[C@H](NS(=O)(=O)N(C)C)c1ccccc1. The quantitative estimate of drug-likeness (QED) is 0.887. The van der Waals surface area contributed by atoms with Crippen LogP contribution in [0, 0.1) is 0 Å². The molecule has 0 fully saturated rings. The van der Waals surface area contributed by atoms with Gasteiger partial charge in [-0.3, -0.25) is 0 Å². The fraction of sp³-hybridized carbons (Fsp3) is 0.250. The summed E-state index contributed by atoms with van der Waals surface area (Å²) in [6.07, 6.45) is 0. The number of rotatable bonds is 6. The normalized spacial score (nSPS) is 13.1. The van der Waals surface area contributed by atoms with E-state index in [0.29, 0.717) is 5.75 Å². The first kappa shape index (κ1) is 16.5. The Kier molecular flexibility index (Phi) is 5.18. The molecule has 0 aliphatic carbocycles. The monoisotopic (exact) mass is 320 g/mol. The van der Waals surface area contributed by atoms with Gasteiger partial charge in [-0.25, -0.2) is 0 Å². The molecule has 6 heteroatoms. The van der Waals surface area contributed by atoms with Crippen molar-refractivity contribution < 1.29 is 13.2 Å². The first-order valence-corrected chi connectivity index (χ1v) is 8.27. The van der Waals surface area contributed by atoms with Crippen molar-refractivity contribution in [3.8, 4) is 5.75 Å². The summed E-state index contributed by atoms with van der Waals surface area (Å²) in [6.45, 7) is 0. The van der Waals surface area contributed by atoms with Crippen LogP contribution in [0.25, 0.3) is 0 Å². The van der Waals surface area contributed by atoms with Gasteiger partial charge in [0.05, 0.1) is 13.2 Å². The van der Waals surface area contributed by atoms with Crippen LogP contribution in [0.2, 0.25) is 0 Å². The second-order valence-corrected chi connectivity index (χ2v) is 6.91. The van der Waals surface area contributed by atoms with Gasteiger partial charge < -0.3 is 4.74 Å². The maximum Gasteiger partial charge on any atom is 0.279 e. The van der Waals surface area contributed by atoms with Crippen molar-refractivity contribution in [3.63, 3.8) is 0 Å². The third-order valence-corrected chi connectivity index (χ3v) is 4.83. The van der Waals surface area contributed by atoms with E-state index in [-0.39, 0.29) is 0 Å². The zero-order chi connectivity index (χ0) is 16.2. The highest BCUT2D eigenvalue weighted by Crippen LogP contribution is 2.30. The average Bonchev–Trinajstić information content (AvgIpc) is 2.53. The van der Waals surface area contributed by atoms with Crippen LogP contribution < -0.4 is 9.46 Å².